The van der Waals surface area contributed by atoms with Gasteiger partial charge in [-0.25, -0.2) is 8.42 Å². The second kappa shape index (κ2) is 5.35. The zero-order chi connectivity index (χ0) is 13.2. The molecule has 1 aliphatic rings. The van der Waals surface area contributed by atoms with Gasteiger partial charge in [0, 0.05) is 18.6 Å². The third kappa shape index (κ3) is 3.42. The highest BCUT2D eigenvalue weighted by molar-refractivity contribution is 7.89. The zero-order valence-corrected chi connectivity index (χ0v) is 11.8. The predicted molar refractivity (Wildman–Crippen MR) is 67.1 cm³/mol. The van der Waals surface area contributed by atoms with Gasteiger partial charge in [-0.1, -0.05) is 0 Å². The summed E-state index contributed by atoms with van der Waals surface area (Å²) in [6.07, 6.45) is 0.624. The predicted octanol–water partition coefficient (Wildman–Crippen LogP) is 0.667. The largest absolute Gasteiger partial charge is 0.337 e. The van der Waals surface area contributed by atoms with Crippen molar-refractivity contribution in [2.75, 3.05) is 18.8 Å². The minimum absolute atomic E-state index is 0.0152. The van der Waals surface area contributed by atoms with Crippen LogP contribution in [-0.2, 0) is 14.8 Å². The van der Waals surface area contributed by atoms with E-state index < -0.39 is 10.0 Å². The van der Waals surface area contributed by atoms with Gasteiger partial charge in [-0.2, -0.15) is 4.31 Å². The van der Waals surface area contributed by atoms with Crippen molar-refractivity contribution < 1.29 is 13.2 Å². The molecule has 1 rings (SSSR count). The summed E-state index contributed by atoms with van der Waals surface area (Å²) in [6.45, 7) is 8.22. The molecule has 1 heterocycles. The molecule has 0 saturated carbocycles. The molecule has 0 aromatic heterocycles. The molecule has 0 N–H and O–H groups in total. The normalized spacial score (nSPS) is 20.1. The molecule has 0 bridgehead atoms. The Kier molecular flexibility index (Phi) is 4.55. The van der Waals surface area contributed by atoms with E-state index in [9.17, 15) is 13.2 Å². The van der Waals surface area contributed by atoms with Crippen LogP contribution < -0.4 is 0 Å². The first-order chi connectivity index (χ1) is 7.75. The van der Waals surface area contributed by atoms with Gasteiger partial charge in [-0.15, -0.1) is 0 Å². The summed E-state index contributed by atoms with van der Waals surface area (Å²) in [5, 5.41) is 0. The standard InChI is InChI=1S/C11H22N2O3S/c1-9(2)13(10(3)4)11(14)8-12-6-5-7-17(12,15)16/h9-10H,5-8H2,1-4H3. The molecule has 100 valence electrons. The van der Waals surface area contributed by atoms with Crippen LogP contribution in [0.5, 0.6) is 0 Å². The Morgan fingerprint density at radius 2 is 1.76 bits per heavy atom. The maximum atomic E-state index is 12.1. The van der Waals surface area contributed by atoms with E-state index >= 15 is 0 Å². The number of carbonyl (C=O) groups excluding carboxylic acids is 1. The van der Waals surface area contributed by atoms with Crippen molar-refractivity contribution in [1.82, 2.24) is 9.21 Å². The summed E-state index contributed by atoms with van der Waals surface area (Å²) in [7, 11) is -3.18. The summed E-state index contributed by atoms with van der Waals surface area (Å²) >= 11 is 0. The summed E-state index contributed by atoms with van der Waals surface area (Å²) in [5.74, 6) is 0.0596. The van der Waals surface area contributed by atoms with Crippen LogP contribution in [0.25, 0.3) is 0 Å². The lowest BCUT2D eigenvalue weighted by atomic mass is 10.2. The van der Waals surface area contributed by atoms with Crippen molar-refractivity contribution in [3.8, 4) is 0 Å². The average Bonchev–Trinajstić information content (AvgIpc) is 2.44. The van der Waals surface area contributed by atoms with Crippen molar-refractivity contribution in [3.05, 3.63) is 0 Å². The average molecular weight is 262 g/mol. The van der Waals surface area contributed by atoms with Crippen molar-refractivity contribution >= 4 is 15.9 Å². The van der Waals surface area contributed by atoms with Crippen molar-refractivity contribution in [2.24, 2.45) is 0 Å². The number of amides is 1. The van der Waals surface area contributed by atoms with E-state index in [0.717, 1.165) is 0 Å². The molecule has 0 aromatic carbocycles. The van der Waals surface area contributed by atoms with Crippen LogP contribution in [0.3, 0.4) is 0 Å². The van der Waals surface area contributed by atoms with Crippen LogP contribution in [0.15, 0.2) is 0 Å². The maximum Gasteiger partial charge on any atom is 0.238 e. The van der Waals surface area contributed by atoms with Gasteiger partial charge >= 0.3 is 0 Å². The highest BCUT2D eigenvalue weighted by atomic mass is 32.2. The van der Waals surface area contributed by atoms with Crippen molar-refractivity contribution in [2.45, 2.75) is 46.2 Å². The minimum Gasteiger partial charge on any atom is -0.337 e. The topological polar surface area (TPSA) is 57.7 Å². The van der Waals surface area contributed by atoms with Gasteiger partial charge in [0.15, 0.2) is 0 Å². The Hall–Kier alpha value is -0.620. The summed E-state index contributed by atoms with van der Waals surface area (Å²) in [4.78, 5) is 13.8. The van der Waals surface area contributed by atoms with Crippen LogP contribution in [0.1, 0.15) is 34.1 Å². The summed E-state index contributed by atoms with van der Waals surface area (Å²) in [6, 6.07) is 0.181. The molecule has 0 atom stereocenters. The Balaban J connectivity index is 2.71. The molecule has 1 aliphatic heterocycles. The highest BCUT2D eigenvalue weighted by Crippen LogP contribution is 2.14. The van der Waals surface area contributed by atoms with Crippen LogP contribution >= 0.6 is 0 Å². The number of hydrogen-bond donors (Lipinski definition) is 0. The fourth-order valence-electron chi connectivity index (χ4n) is 2.27. The Labute approximate surface area is 104 Å². The molecule has 0 radical (unpaired) electrons. The van der Waals surface area contributed by atoms with E-state index in [-0.39, 0.29) is 30.3 Å². The van der Waals surface area contributed by atoms with Gasteiger partial charge < -0.3 is 4.90 Å². The molecule has 0 unspecified atom stereocenters. The molecule has 0 spiro atoms. The van der Waals surface area contributed by atoms with Gasteiger partial charge in [0.25, 0.3) is 0 Å². The Morgan fingerprint density at radius 3 is 2.12 bits per heavy atom. The fraction of sp³-hybridized carbons (Fsp3) is 0.909. The van der Waals surface area contributed by atoms with Crippen LogP contribution in [0.4, 0.5) is 0 Å². The number of carbonyl (C=O) groups is 1. The molecule has 0 aromatic rings. The quantitative estimate of drug-likeness (QED) is 0.748. The first-order valence-corrected chi connectivity index (χ1v) is 7.65. The molecule has 1 amide bonds. The highest BCUT2D eigenvalue weighted by Gasteiger charge is 2.32. The van der Waals surface area contributed by atoms with Gasteiger partial charge in [-0.05, 0) is 34.1 Å². The zero-order valence-electron chi connectivity index (χ0n) is 11.0. The first kappa shape index (κ1) is 14.4. The lowest BCUT2D eigenvalue weighted by Gasteiger charge is -2.32. The number of hydrogen-bond acceptors (Lipinski definition) is 3. The molecular weight excluding hydrogens is 240 g/mol. The number of rotatable bonds is 4. The van der Waals surface area contributed by atoms with Crippen molar-refractivity contribution in [3.63, 3.8) is 0 Å². The second-order valence-corrected chi connectivity index (χ2v) is 7.08. The summed E-state index contributed by atoms with van der Waals surface area (Å²) in [5.41, 5.74) is 0. The third-order valence-electron chi connectivity index (χ3n) is 2.92. The Bertz CT molecular complexity index is 368. The van der Waals surface area contributed by atoms with E-state index in [1.165, 1.54) is 4.31 Å². The van der Waals surface area contributed by atoms with Gasteiger partial charge in [0.05, 0.1) is 12.3 Å². The fourth-order valence-corrected chi connectivity index (χ4v) is 3.74. The molecule has 1 fully saturated rings. The van der Waals surface area contributed by atoms with Crippen LogP contribution in [-0.4, -0.2) is 54.5 Å². The molecule has 6 heteroatoms. The van der Waals surface area contributed by atoms with Crippen LogP contribution in [0.2, 0.25) is 0 Å². The second-order valence-electron chi connectivity index (χ2n) is 4.99. The van der Waals surface area contributed by atoms with Gasteiger partial charge in [0.2, 0.25) is 15.9 Å². The van der Waals surface area contributed by atoms with E-state index in [1.807, 2.05) is 27.7 Å². The molecular formula is C11H22N2O3S. The van der Waals surface area contributed by atoms with E-state index in [4.69, 9.17) is 0 Å². The number of nitrogens with zero attached hydrogens (tertiary/aromatic N) is 2. The number of sulfonamides is 1. The van der Waals surface area contributed by atoms with E-state index in [1.54, 1.807) is 4.90 Å². The molecule has 17 heavy (non-hydrogen) atoms. The maximum absolute atomic E-state index is 12.1. The Morgan fingerprint density at radius 1 is 1.24 bits per heavy atom. The summed E-state index contributed by atoms with van der Waals surface area (Å²) < 4.78 is 24.5. The van der Waals surface area contributed by atoms with E-state index in [0.29, 0.717) is 13.0 Å². The smallest absolute Gasteiger partial charge is 0.238 e. The molecule has 5 nitrogen and oxygen atoms in total. The van der Waals surface area contributed by atoms with Crippen molar-refractivity contribution in [1.29, 1.82) is 0 Å². The lowest BCUT2D eigenvalue weighted by Crippen LogP contribution is -2.47. The SMILES string of the molecule is CC(C)N(C(=O)CN1CCCS1(=O)=O)C(C)C. The van der Waals surface area contributed by atoms with Gasteiger partial charge in [-0.3, -0.25) is 4.79 Å². The third-order valence-corrected chi connectivity index (χ3v) is 4.82. The van der Waals surface area contributed by atoms with Gasteiger partial charge in [0.1, 0.15) is 0 Å². The molecule has 1 saturated heterocycles. The van der Waals surface area contributed by atoms with Crippen LogP contribution in [0, 0.1) is 0 Å². The molecule has 0 aliphatic carbocycles. The minimum atomic E-state index is -3.18. The first-order valence-electron chi connectivity index (χ1n) is 6.04. The monoisotopic (exact) mass is 262 g/mol. The van der Waals surface area contributed by atoms with E-state index in [2.05, 4.69) is 0 Å². The lowest BCUT2D eigenvalue weighted by molar-refractivity contribution is -0.134.